The maximum Gasteiger partial charge on any atom is 0.472 e. The smallest absolute Gasteiger partial charge is 0.387 e. The van der Waals surface area contributed by atoms with Crippen LogP contribution in [0.5, 0.6) is 0 Å². The van der Waals surface area contributed by atoms with Crippen LogP contribution in [0, 0.1) is 0 Å². The summed E-state index contributed by atoms with van der Waals surface area (Å²) in [5.41, 5.74) is 0. The first-order valence-corrected chi connectivity index (χ1v) is 8.10. The number of phosphoric acid groups is 2. The van der Waals surface area contributed by atoms with E-state index >= 15 is 0 Å². The van der Waals surface area contributed by atoms with Gasteiger partial charge in [-0.15, -0.1) is 0 Å². The maximum absolute atomic E-state index is 10.6. The summed E-state index contributed by atoms with van der Waals surface area (Å²) in [5, 5.41) is 28.4. The Bertz CT molecular complexity index is 412. The van der Waals surface area contributed by atoms with E-state index in [2.05, 4.69) is 9.05 Å². The van der Waals surface area contributed by atoms with Gasteiger partial charge in [-0.1, -0.05) is 0 Å². The number of rotatable bonds is 5. The van der Waals surface area contributed by atoms with Crippen molar-refractivity contribution in [3.05, 3.63) is 0 Å². The summed E-state index contributed by atoms with van der Waals surface area (Å²) in [6.07, 6.45) is -9.32. The average Bonchev–Trinajstić information content (AvgIpc) is 2.25. The lowest BCUT2D eigenvalue weighted by Gasteiger charge is -2.39. The third kappa shape index (κ3) is 5.45. The van der Waals surface area contributed by atoms with Crippen molar-refractivity contribution >= 4 is 15.6 Å². The molecule has 1 aliphatic heterocycles. The quantitative estimate of drug-likeness (QED) is 0.250. The second-order valence-corrected chi connectivity index (χ2v) is 6.33. The number of aliphatic hydroxyl groups is 3. The molecule has 0 bridgehead atoms. The molecule has 20 heavy (non-hydrogen) atoms. The van der Waals surface area contributed by atoms with Gasteiger partial charge < -0.3 is 39.6 Å². The fourth-order valence-corrected chi connectivity index (χ4v) is 2.23. The van der Waals surface area contributed by atoms with Gasteiger partial charge in [0.1, 0.15) is 24.4 Å². The number of hydrogen-bond acceptors (Lipinski definition) is 8. The molecule has 0 radical (unpaired) electrons. The Kier molecular flexibility index (Phi) is 5.83. The van der Waals surface area contributed by atoms with Crippen molar-refractivity contribution in [2.24, 2.45) is 0 Å². The third-order valence-corrected chi connectivity index (χ3v) is 3.28. The molecular formula is C6H14O12P2. The highest BCUT2D eigenvalue weighted by Gasteiger charge is 2.47. The van der Waals surface area contributed by atoms with Gasteiger partial charge in [-0.25, -0.2) is 9.13 Å². The van der Waals surface area contributed by atoms with E-state index in [1.54, 1.807) is 0 Å². The van der Waals surface area contributed by atoms with Crippen LogP contribution in [0.25, 0.3) is 0 Å². The summed E-state index contributed by atoms with van der Waals surface area (Å²) >= 11 is 0. The van der Waals surface area contributed by atoms with Crippen LogP contribution in [0.15, 0.2) is 0 Å². The highest BCUT2D eigenvalue weighted by atomic mass is 31.2. The molecule has 14 heteroatoms. The summed E-state index contributed by atoms with van der Waals surface area (Å²) in [7, 11) is -9.95. The number of aliphatic hydroxyl groups excluding tert-OH is 3. The Balaban J connectivity index is 2.76. The van der Waals surface area contributed by atoms with Crippen LogP contribution in [0.4, 0.5) is 0 Å². The summed E-state index contributed by atoms with van der Waals surface area (Å²) in [4.78, 5) is 34.1. The molecule has 1 saturated heterocycles. The molecule has 0 aromatic rings. The highest BCUT2D eigenvalue weighted by molar-refractivity contribution is 7.46. The van der Waals surface area contributed by atoms with Gasteiger partial charge in [0, 0.05) is 0 Å². The third-order valence-electron chi connectivity index (χ3n) is 2.32. The molecule has 5 atom stereocenters. The van der Waals surface area contributed by atoms with E-state index in [-0.39, 0.29) is 0 Å². The molecule has 0 aliphatic carbocycles. The van der Waals surface area contributed by atoms with Crippen molar-refractivity contribution in [2.75, 3.05) is 6.61 Å². The van der Waals surface area contributed by atoms with E-state index < -0.39 is 53.0 Å². The molecule has 0 aromatic carbocycles. The van der Waals surface area contributed by atoms with Crippen molar-refractivity contribution < 1.29 is 57.8 Å². The predicted octanol–water partition coefficient (Wildman–Crippen LogP) is -2.99. The minimum atomic E-state index is -5.07. The Labute approximate surface area is 112 Å². The molecule has 0 spiro atoms. The van der Waals surface area contributed by atoms with E-state index in [0.29, 0.717) is 0 Å². The van der Waals surface area contributed by atoms with Crippen molar-refractivity contribution in [3.8, 4) is 0 Å². The molecule has 120 valence electrons. The van der Waals surface area contributed by atoms with Gasteiger partial charge in [0.25, 0.3) is 0 Å². The molecule has 1 aliphatic rings. The Hall–Kier alpha value is 0.0600. The first-order valence-electron chi connectivity index (χ1n) is 5.04. The summed E-state index contributed by atoms with van der Waals surface area (Å²) < 4.78 is 33.9. The second kappa shape index (κ2) is 6.44. The van der Waals surface area contributed by atoms with Gasteiger partial charge >= 0.3 is 15.6 Å². The molecule has 0 aromatic heterocycles. The zero-order valence-corrected chi connectivity index (χ0v) is 11.4. The fraction of sp³-hybridized carbons (Fsp3) is 1.00. The second-order valence-electron chi connectivity index (χ2n) is 3.90. The van der Waals surface area contributed by atoms with Crippen LogP contribution in [0.1, 0.15) is 0 Å². The Morgan fingerprint density at radius 3 is 1.90 bits per heavy atom. The largest absolute Gasteiger partial charge is 0.472 e. The van der Waals surface area contributed by atoms with Crippen molar-refractivity contribution in [1.29, 1.82) is 0 Å². The number of ether oxygens (including phenoxy) is 1. The van der Waals surface area contributed by atoms with Crippen LogP contribution in [0.2, 0.25) is 0 Å². The number of phosphoric ester groups is 2. The van der Waals surface area contributed by atoms with E-state index in [4.69, 9.17) is 24.3 Å². The molecule has 1 unspecified atom stereocenters. The average molecular weight is 340 g/mol. The molecule has 1 rings (SSSR count). The van der Waals surface area contributed by atoms with E-state index in [9.17, 15) is 24.4 Å². The van der Waals surface area contributed by atoms with Gasteiger partial charge in [-0.05, 0) is 0 Å². The maximum atomic E-state index is 10.6. The van der Waals surface area contributed by atoms with Gasteiger partial charge in [0.2, 0.25) is 0 Å². The summed E-state index contributed by atoms with van der Waals surface area (Å²) in [6, 6.07) is 0. The molecule has 1 heterocycles. The van der Waals surface area contributed by atoms with Crippen molar-refractivity contribution in [2.45, 2.75) is 30.7 Å². The molecule has 1 fully saturated rings. The van der Waals surface area contributed by atoms with Gasteiger partial charge in [-0.2, -0.15) is 0 Å². The predicted molar refractivity (Wildman–Crippen MR) is 57.8 cm³/mol. The minimum Gasteiger partial charge on any atom is -0.387 e. The summed E-state index contributed by atoms with van der Waals surface area (Å²) in [6.45, 7) is -0.907. The van der Waals surface area contributed by atoms with Crippen LogP contribution in [-0.2, 0) is 22.9 Å². The highest BCUT2D eigenvalue weighted by Crippen LogP contribution is 2.41. The molecular weight excluding hydrogens is 326 g/mol. The van der Waals surface area contributed by atoms with E-state index in [1.807, 2.05) is 0 Å². The number of hydrogen-bond donors (Lipinski definition) is 7. The molecule has 0 saturated carbocycles. The Morgan fingerprint density at radius 1 is 0.900 bits per heavy atom. The standard InChI is InChI=1S/C6H14O12P2/c7-3-2(1-16-19(10,11)12)17-6(5(9)4(3)8)18-20(13,14)15/h2-9H,1H2,(H2,10,11,12)(H2,13,14,15)/t2-,3-,4+,5+,6?/m1/s1. The van der Waals surface area contributed by atoms with Crippen LogP contribution < -0.4 is 0 Å². The minimum absolute atomic E-state index is 0.907. The fourth-order valence-electron chi connectivity index (χ4n) is 1.45. The first kappa shape index (κ1) is 18.1. The van der Waals surface area contributed by atoms with Crippen LogP contribution >= 0.6 is 15.6 Å². The zero-order chi connectivity index (χ0) is 15.7. The normalized spacial score (nSPS) is 36.0. The topological polar surface area (TPSA) is 203 Å². The van der Waals surface area contributed by atoms with Crippen LogP contribution in [0.3, 0.4) is 0 Å². The van der Waals surface area contributed by atoms with Gasteiger partial charge in [-0.3, -0.25) is 9.05 Å². The van der Waals surface area contributed by atoms with Gasteiger partial charge in [0.15, 0.2) is 6.29 Å². The van der Waals surface area contributed by atoms with E-state index in [1.165, 1.54) is 0 Å². The first-order chi connectivity index (χ1) is 8.91. The lowest BCUT2D eigenvalue weighted by Crippen LogP contribution is -2.59. The SMILES string of the molecule is O=P(O)(O)OC[C@H]1OC(OP(=O)(O)O)[C@@H](O)[C@@H](O)[C@@H]1O. The molecule has 12 nitrogen and oxygen atoms in total. The lowest BCUT2D eigenvalue weighted by atomic mass is 10.00. The Morgan fingerprint density at radius 2 is 1.45 bits per heavy atom. The monoisotopic (exact) mass is 340 g/mol. The van der Waals surface area contributed by atoms with E-state index in [0.717, 1.165) is 0 Å². The van der Waals surface area contributed by atoms with Crippen LogP contribution in [-0.4, -0.2) is 72.2 Å². The zero-order valence-electron chi connectivity index (χ0n) is 9.66. The lowest BCUT2D eigenvalue weighted by molar-refractivity contribution is -0.279. The van der Waals surface area contributed by atoms with Gasteiger partial charge in [0.05, 0.1) is 6.61 Å². The molecule has 7 N–H and O–H groups in total. The molecule has 0 amide bonds. The van der Waals surface area contributed by atoms with Crippen molar-refractivity contribution in [3.63, 3.8) is 0 Å². The summed E-state index contributed by atoms with van der Waals surface area (Å²) in [5.74, 6) is 0. The van der Waals surface area contributed by atoms with Crippen molar-refractivity contribution in [1.82, 2.24) is 0 Å².